The third-order valence-electron chi connectivity index (χ3n) is 7.22. The Kier molecular flexibility index (Phi) is 5.56. The van der Waals surface area contributed by atoms with Crippen LogP contribution in [0.25, 0.3) is 6.08 Å². The van der Waals surface area contributed by atoms with Crippen molar-refractivity contribution >= 4 is 51.3 Å². The van der Waals surface area contributed by atoms with E-state index in [0.717, 1.165) is 15.6 Å². The average Bonchev–Trinajstić information content (AvgIpc) is 3.37. The summed E-state index contributed by atoms with van der Waals surface area (Å²) in [5.74, 6) is -2.65. The fourth-order valence-corrected chi connectivity index (χ4v) is 5.99. The monoisotopic (exact) mass is 556 g/mol. The van der Waals surface area contributed by atoms with Crippen molar-refractivity contribution in [3.8, 4) is 5.75 Å². The van der Waals surface area contributed by atoms with Gasteiger partial charge in [-0.2, -0.15) is 0 Å². The molecule has 2 amide bonds. The highest BCUT2D eigenvalue weighted by molar-refractivity contribution is 9.10. The summed E-state index contributed by atoms with van der Waals surface area (Å²) in [6.07, 6.45) is 3.74. The molecule has 2 saturated heterocycles. The summed E-state index contributed by atoms with van der Waals surface area (Å²) in [6.45, 7) is 1.30. The van der Waals surface area contributed by atoms with E-state index in [1.54, 1.807) is 48.5 Å². The van der Waals surface area contributed by atoms with Crippen LogP contribution in [0.5, 0.6) is 5.75 Å². The van der Waals surface area contributed by atoms with Gasteiger partial charge in [-0.15, -0.1) is 0 Å². The second kappa shape index (κ2) is 8.81. The van der Waals surface area contributed by atoms with Crippen LogP contribution in [0.4, 0.5) is 5.69 Å². The molecular formula is C29H21BrN2O5. The lowest BCUT2D eigenvalue weighted by molar-refractivity contribution is -0.132. The van der Waals surface area contributed by atoms with Crippen molar-refractivity contribution in [1.82, 2.24) is 4.90 Å². The molecule has 0 aromatic heterocycles. The maximum Gasteiger partial charge on any atom is 0.308 e. The van der Waals surface area contributed by atoms with Crippen LogP contribution in [0, 0.1) is 11.8 Å². The number of rotatable bonds is 4. The first-order valence-electron chi connectivity index (χ1n) is 11.9. The number of carbonyl (C=O) groups is 4. The summed E-state index contributed by atoms with van der Waals surface area (Å²) in [7, 11) is 0. The first-order valence-corrected chi connectivity index (χ1v) is 12.6. The van der Waals surface area contributed by atoms with Gasteiger partial charge in [0, 0.05) is 23.2 Å². The Morgan fingerprint density at radius 3 is 2.24 bits per heavy atom. The molecule has 3 aromatic rings. The number of fused-ring (bicyclic) bond motifs is 5. The minimum absolute atomic E-state index is 0.269. The zero-order valence-corrected chi connectivity index (χ0v) is 21.3. The number of carbonyl (C=O) groups excluding carboxylic acids is 4. The van der Waals surface area contributed by atoms with Gasteiger partial charge in [-0.1, -0.05) is 40.2 Å². The largest absolute Gasteiger partial charge is 0.427 e. The van der Waals surface area contributed by atoms with Gasteiger partial charge in [0.15, 0.2) is 5.78 Å². The summed E-state index contributed by atoms with van der Waals surface area (Å²) in [4.78, 5) is 56.1. The Bertz CT molecular complexity index is 1480. The normalized spacial score (nSPS) is 23.5. The number of esters is 1. The van der Waals surface area contributed by atoms with Crippen LogP contribution in [0.15, 0.2) is 83.5 Å². The molecule has 0 N–H and O–H groups in total. The topological polar surface area (TPSA) is 84.0 Å². The average molecular weight is 557 g/mol. The van der Waals surface area contributed by atoms with Crippen LogP contribution in [-0.2, 0) is 14.4 Å². The Balaban J connectivity index is 1.44. The second-order valence-electron chi connectivity index (χ2n) is 9.30. The molecule has 7 nitrogen and oxygen atoms in total. The summed E-state index contributed by atoms with van der Waals surface area (Å²) >= 11 is 3.39. The number of benzene rings is 3. The molecule has 3 aliphatic rings. The molecule has 0 saturated carbocycles. The minimum Gasteiger partial charge on any atom is -0.427 e. The van der Waals surface area contributed by atoms with Gasteiger partial charge < -0.3 is 9.64 Å². The third kappa shape index (κ3) is 3.71. The quantitative estimate of drug-likeness (QED) is 0.199. The molecular weight excluding hydrogens is 536 g/mol. The molecule has 4 atom stereocenters. The lowest BCUT2D eigenvalue weighted by Gasteiger charge is -2.35. The van der Waals surface area contributed by atoms with E-state index in [1.165, 1.54) is 11.8 Å². The number of anilines is 1. The predicted molar refractivity (Wildman–Crippen MR) is 140 cm³/mol. The Morgan fingerprint density at radius 1 is 0.865 bits per heavy atom. The number of hydrogen-bond acceptors (Lipinski definition) is 6. The van der Waals surface area contributed by atoms with Crippen molar-refractivity contribution in [3.63, 3.8) is 0 Å². The number of nitrogens with zero attached hydrogens (tertiary/aromatic N) is 2. The zero-order chi connectivity index (χ0) is 25.8. The van der Waals surface area contributed by atoms with E-state index in [0.29, 0.717) is 17.0 Å². The van der Waals surface area contributed by atoms with E-state index in [4.69, 9.17) is 4.74 Å². The van der Waals surface area contributed by atoms with Crippen LogP contribution in [-0.4, -0.2) is 34.5 Å². The van der Waals surface area contributed by atoms with Gasteiger partial charge in [-0.05, 0) is 65.7 Å². The summed E-state index contributed by atoms with van der Waals surface area (Å²) in [5.41, 5.74) is 2.73. The van der Waals surface area contributed by atoms with Gasteiger partial charge in [0.25, 0.3) is 0 Å². The van der Waals surface area contributed by atoms with Gasteiger partial charge in [0.2, 0.25) is 11.8 Å². The van der Waals surface area contributed by atoms with E-state index in [-0.39, 0.29) is 17.6 Å². The maximum atomic E-state index is 14.0. The first kappa shape index (κ1) is 23.4. The molecule has 2 fully saturated rings. The van der Waals surface area contributed by atoms with Crippen molar-refractivity contribution in [2.75, 3.05) is 4.90 Å². The summed E-state index contributed by atoms with van der Waals surface area (Å²) in [5, 5.41) is 0. The number of ketones is 1. The van der Waals surface area contributed by atoms with E-state index in [9.17, 15) is 19.2 Å². The molecule has 3 aromatic carbocycles. The van der Waals surface area contributed by atoms with Crippen LogP contribution in [0.1, 0.15) is 34.5 Å². The molecule has 8 heteroatoms. The van der Waals surface area contributed by atoms with E-state index >= 15 is 0 Å². The van der Waals surface area contributed by atoms with Crippen LogP contribution < -0.4 is 9.64 Å². The van der Waals surface area contributed by atoms with Crippen molar-refractivity contribution in [3.05, 3.63) is 100 Å². The Morgan fingerprint density at radius 2 is 1.54 bits per heavy atom. The maximum absolute atomic E-state index is 14.0. The van der Waals surface area contributed by atoms with Gasteiger partial charge in [0.1, 0.15) is 11.8 Å². The van der Waals surface area contributed by atoms with Gasteiger partial charge in [0.05, 0.1) is 23.6 Å². The summed E-state index contributed by atoms with van der Waals surface area (Å²) in [6, 6.07) is 19.7. The highest BCUT2D eigenvalue weighted by Gasteiger charge is 2.64. The van der Waals surface area contributed by atoms with Crippen molar-refractivity contribution in [2.45, 2.75) is 19.0 Å². The minimum atomic E-state index is -0.865. The molecule has 0 unspecified atom stereocenters. The van der Waals surface area contributed by atoms with Gasteiger partial charge in [-0.25, -0.2) is 4.90 Å². The van der Waals surface area contributed by atoms with Crippen molar-refractivity contribution < 1.29 is 23.9 Å². The number of ether oxygens (including phenoxy) is 1. The number of hydrogen-bond donors (Lipinski definition) is 0. The lowest BCUT2D eigenvalue weighted by atomic mass is 9.83. The van der Waals surface area contributed by atoms with Crippen molar-refractivity contribution in [1.29, 1.82) is 0 Å². The molecule has 0 spiro atoms. The molecule has 3 heterocycles. The number of halogens is 1. The van der Waals surface area contributed by atoms with Crippen LogP contribution in [0.3, 0.4) is 0 Å². The smallest absolute Gasteiger partial charge is 0.308 e. The number of Topliss-reactive ketones (excluding diaryl/α,β-unsaturated/α-hetero) is 1. The highest BCUT2D eigenvalue weighted by Crippen LogP contribution is 2.53. The predicted octanol–water partition coefficient (Wildman–Crippen LogP) is 4.77. The zero-order valence-electron chi connectivity index (χ0n) is 19.7. The second-order valence-corrected chi connectivity index (χ2v) is 10.2. The molecule has 0 bridgehead atoms. The molecule has 0 radical (unpaired) electrons. The molecule has 3 aliphatic heterocycles. The molecule has 6 rings (SSSR count). The number of amides is 2. The van der Waals surface area contributed by atoms with E-state index in [2.05, 4.69) is 15.9 Å². The SMILES string of the molecule is CC(=O)Oc1ccc(C(=O)[C@@H]2[C@@H]3C(=O)N(c4ccc(Br)cc4)C(=O)[C@H]3[C@H]3c4ccccc4C=CN23)cc1. The summed E-state index contributed by atoms with van der Waals surface area (Å²) < 4.78 is 5.92. The standard InChI is InChI=1S/C29H21BrN2O5/c1-16(33)37-21-12-6-18(7-13-21)27(34)26-24-23(25-22-5-3-2-4-17(22)14-15-31(25)26)28(35)32(29(24)36)20-10-8-19(30)9-11-20/h2-15,23-26H,1H3/t23-,24-,25-,26+/m1/s1. The van der Waals surface area contributed by atoms with Crippen molar-refractivity contribution in [2.24, 2.45) is 11.8 Å². The highest BCUT2D eigenvalue weighted by atomic mass is 79.9. The van der Waals surface area contributed by atoms with Gasteiger partial charge >= 0.3 is 5.97 Å². The Labute approximate surface area is 221 Å². The lowest BCUT2D eigenvalue weighted by Crippen LogP contribution is -2.44. The molecule has 0 aliphatic carbocycles. The van der Waals surface area contributed by atoms with Crippen LogP contribution >= 0.6 is 15.9 Å². The number of imide groups is 1. The third-order valence-corrected chi connectivity index (χ3v) is 7.74. The van der Waals surface area contributed by atoms with E-state index in [1.807, 2.05) is 41.4 Å². The first-order chi connectivity index (χ1) is 17.8. The molecule has 37 heavy (non-hydrogen) atoms. The molecule has 184 valence electrons. The van der Waals surface area contributed by atoms with Gasteiger partial charge in [-0.3, -0.25) is 19.2 Å². The van der Waals surface area contributed by atoms with Crippen LogP contribution in [0.2, 0.25) is 0 Å². The fraction of sp³-hybridized carbons (Fsp3) is 0.172. The van der Waals surface area contributed by atoms with E-state index < -0.39 is 29.9 Å². The fourth-order valence-electron chi connectivity index (χ4n) is 5.73. The Hall–Kier alpha value is -4.04.